The molecule has 0 saturated carbocycles. The van der Waals surface area contributed by atoms with E-state index in [0.717, 1.165) is 12.0 Å². The molecule has 0 atom stereocenters. The second-order valence-electron chi connectivity index (χ2n) is 5.02. The molecule has 0 fully saturated rings. The number of rotatable bonds is 4. The largest absolute Gasteiger partial charge is 0.337 e. The first-order valence-electron chi connectivity index (χ1n) is 6.97. The molecular formula is C18H18N2O. The summed E-state index contributed by atoms with van der Waals surface area (Å²) < 4.78 is 0. The lowest BCUT2D eigenvalue weighted by Crippen LogP contribution is -2.26. The van der Waals surface area contributed by atoms with Crippen LogP contribution in [0.3, 0.4) is 0 Å². The molecule has 0 aliphatic heterocycles. The number of carbonyl (C=O) groups is 1. The van der Waals surface area contributed by atoms with E-state index in [2.05, 4.69) is 13.0 Å². The Morgan fingerprint density at radius 3 is 2.14 bits per heavy atom. The highest BCUT2D eigenvalue weighted by molar-refractivity contribution is 5.94. The van der Waals surface area contributed by atoms with E-state index in [1.165, 1.54) is 5.56 Å². The van der Waals surface area contributed by atoms with Crippen LogP contribution in [0.15, 0.2) is 48.5 Å². The number of carbonyl (C=O) groups excluding carboxylic acids is 1. The van der Waals surface area contributed by atoms with Crippen molar-refractivity contribution in [3.63, 3.8) is 0 Å². The molecule has 0 unspecified atom stereocenters. The molecule has 0 radical (unpaired) electrons. The first-order valence-corrected chi connectivity index (χ1v) is 6.97. The quantitative estimate of drug-likeness (QED) is 0.860. The van der Waals surface area contributed by atoms with Crippen molar-refractivity contribution in [2.24, 2.45) is 0 Å². The highest BCUT2D eigenvalue weighted by Crippen LogP contribution is 2.11. The Morgan fingerprint density at radius 2 is 1.62 bits per heavy atom. The van der Waals surface area contributed by atoms with Crippen molar-refractivity contribution in [3.8, 4) is 6.07 Å². The van der Waals surface area contributed by atoms with E-state index in [1.54, 1.807) is 24.1 Å². The number of hydrogen-bond acceptors (Lipinski definition) is 2. The van der Waals surface area contributed by atoms with Crippen LogP contribution in [0.5, 0.6) is 0 Å². The van der Waals surface area contributed by atoms with Gasteiger partial charge in [-0.15, -0.1) is 0 Å². The number of benzene rings is 2. The maximum Gasteiger partial charge on any atom is 0.253 e. The molecule has 0 spiro atoms. The normalized spacial score (nSPS) is 9.95. The van der Waals surface area contributed by atoms with E-state index < -0.39 is 0 Å². The van der Waals surface area contributed by atoms with Gasteiger partial charge in [0.05, 0.1) is 11.6 Å². The van der Waals surface area contributed by atoms with E-state index in [9.17, 15) is 4.79 Å². The van der Waals surface area contributed by atoms with Crippen LogP contribution in [-0.2, 0) is 13.0 Å². The highest BCUT2D eigenvalue weighted by Gasteiger charge is 2.11. The van der Waals surface area contributed by atoms with E-state index in [0.29, 0.717) is 17.7 Å². The number of aryl methyl sites for hydroxylation is 1. The third-order valence-electron chi connectivity index (χ3n) is 3.46. The topological polar surface area (TPSA) is 44.1 Å². The summed E-state index contributed by atoms with van der Waals surface area (Å²) in [5.74, 6) is 0.00186. The van der Waals surface area contributed by atoms with E-state index in [-0.39, 0.29) is 5.91 Å². The Balaban J connectivity index is 2.05. The van der Waals surface area contributed by atoms with Crippen molar-refractivity contribution in [3.05, 3.63) is 70.8 Å². The predicted octanol–water partition coefficient (Wildman–Crippen LogP) is 3.39. The van der Waals surface area contributed by atoms with Crippen LogP contribution in [0.1, 0.15) is 34.0 Å². The van der Waals surface area contributed by atoms with Crippen LogP contribution in [0.25, 0.3) is 0 Å². The fraction of sp³-hybridized carbons (Fsp3) is 0.222. The average molecular weight is 278 g/mol. The molecule has 0 aliphatic rings. The molecule has 2 aromatic carbocycles. The molecular weight excluding hydrogens is 260 g/mol. The SMILES string of the molecule is CCc1ccc(C(=O)N(C)Cc2ccc(C#N)cc2)cc1. The monoisotopic (exact) mass is 278 g/mol. The second kappa shape index (κ2) is 6.71. The van der Waals surface area contributed by atoms with Crippen LogP contribution in [0.2, 0.25) is 0 Å². The Kier molecular flexibility index (Phi) is 4.73. The van der Waals surface area contributed by atoms with Gasteiger partial charge < -0.3 is 4.90 Å². The van der Waals surface area contributed by atoms with Crippen molar-refractivity contribution in [1.82, 2.24) is 4.90 Å². The van der Waals surface area contributed by atoms with Crippen molar-refractivity contribution in [2.45, 2.75) is 19.9 Å². The smallest absolute Gasteiger partial charge is 0.253 e. The molecule has 0 N–H and O–H groups in total. The van der Waals surface area contributed by atoms with Gasteiger partial charge in [0, 0.05) is 19.2 Å². The first kappa shape index (κ1) is 14.8. The number of nitrogens with zero attached hydrogens (tertiary/aromatic N) is 2. The zero-order valence-electron chi connectivity index (χ0n) is 12.3. The van der Waals surface area contributed by atoms with Crippen LogP contribution < -0.4 is 0 Å². The molecule has 2 aromatic rings. The fourth-order valence-electron chi connectivity index (χ4n) is 2.13. The van der Waals surface area contributed by atoms with Crippen LogP contribution in [-0.4, -0.2) is 17.9 Å². The van der Waals surface area contributed by atoms with Crippen molar-refractivity contribution < 1.29 is 4.79 Å². The summed E-state index contributed by atoms with van der Waals surface area (Å²) in [5.41, 5.74) is 3.56. The lowest BCUT2D eigenvalue weighted by molar-refractivity contribution is 0.0785. The summed E-state index contributed by atoms with van der Waals surface area (Å²) in [6.07, 6.45) is 0.968. The van der Waals surface area contributed by atoms with Gasteiger partial charge in [-0.25, -0.2) is 0 Å². The van der Waals surface area contributed by atoms with E-state index >= 15 is 0 Å². The van der Waals surface area contributed by atoms with Crippen LogP contribution >= 0.6 is 0 Å². The minimum atomic E-state index is 0.00186. The molecule has 2 rings (SSSR count). The highest BCUT2D eigenvalue weighted by atomic mass is 16.2. The maximum atomic E-state index is 12.3. The van der Waals surface area contributed by atoms with E-state index in [1.807, 2.05) is 36.4 Å². The zero-order valence-corrected chi connectivity index (χ0v) is 12.3. The van der Waals surface area contributed by atoms with Gasteiger partial charge in [-0.3, -0.25) is 4.79 Å². The summed E-state index contributed by atoms with van der Waals surface area (Å²) in [7, 11) is 1.79. The molecule has 3 nitrogen and oxygen atoms in total. The predicted molar refractivity (Wildman–Crippen MR) is 82.8 cm³/mol. The zero-order chi connectivity index (χ0) is 15.2. The average Bonchev–Trinajstić information content (AvgIpc) is 2.55. The molecule has 0 saturated heterocycles. The third-order valence-corrected chi connectivity index (χ3v) is 3.46. The fourth-order valence-corrected chi connectivity index (χ4v) is 2.13. The first-order chi connectivity index (χ1) is 10.1. The van der Waals surface area contributed by atoms with Crippen LogP contribution in [0.4, 0.5) is 0 Å². The maximum absolute atomic E-state index is 12.3. The van der Waals surface area contributed by atoms with Gasteiger partial charge in [0.2, 0.25) is 0 Å². The lowest BCUT2D eigenvalue weighted by atomic mass is 10.1. The van der Waals surface area contributed by atoms with E-state index in [4.69, 9.17) is 5.26 Å². The molecule has 21 heavy (non-hydrogen) atoms. The molecule has 106 valence electrons. The molecule has 1 amide bonds. The van der Waals surface area contributed by atoms with Gasteiger partial charge in [0.1, 0.15) is 0 Å². The molecule has 3 heteroatoms. The Hall–Kier alpha value is -2.60. The minimum Gasteiger partial charge on any atom is -0.337 e. The van der Waals surface area contributed by atoms with Gasteiger partial charge in [0.15, 0.2) is 0 Å². The second-order valence-corrected chi connectivity index (χ2v) is 5.02. The summed E-state index contributed by atoms with van der Waals surface area (Å²) in [6.45, 7) is 2.62. The Labute approximate surface area is 125 Å². The third kappa shape index (κ3) is 3.70. The van der Waals surface area contributed by atoms with Gasteiger partial charge in [-0.05, 0) is 41.8 Å². The van der Waals surface area contributed by atoms with Crippen molar-refractivity contribution >= 4 is 5.91 Å². The summed E-state index contributed by atoms with van der Waals surface area (Å²) in [4.78, 5) is 14.0. The summed E-state index contributed by atoms with van der Waals surface area (Å²) >= 11 is 0. The summed E-state index contributed by atoms with van der Waals surface area (Å²) in [5, 5.41) is 8.78. The van der Waals surface area contributed by atoms with Gasteiger partial charge in [-0.1, -0.05) is 31.2 Å². The van der Waals surface area contributed by atoms with Gasteiger partial charge >= 0.3 is 0 Å². The number of hydrogen-bond donors (Lipinski definition) is 0. The number of amides is 1. The molecule has 0 bridgehead atoms. The Morgan fingerprint density at radius 1 is 1.05 bits per heavy atom. The Bertz CT molecular complexity index is 651. The molecule has 0 heterocycles. The van der Waals surface area contributed by atoms with Gasteiger partial charge in [0.25, 0.3) is 5.91 Å². The lowest BCUT2D eigenvalue weighted by Gasteiger charge is -2.17. The summed E-state index contributed by atoms with van der Waals surface area (Å²) in [6, 6.07) is 17.1. The van der Waals surface area contributed by atoms with Crippen molar-refractivity contribution in [1.29, 1.82) is 5.26 Å². The van der Waals surface area contributed by atoms with Crippen LogP contribution in [0, 0.1) is 11.3 Å². The minimum absolute atomic E-state index is 0.00186. The standard InChI is InChI=1S/C18H18N2O/c1-3-14-8-10-17(11-9-14)18(21)20(2)13-16-6-4-15(12-19)5-7-16/h4-11H,3,13H2,1-2H3. The number of nitriles is 1. The van der Waals surface area contributed by atoms with Crippen molar-refractivity contribution in [2.75, 3.05) is 7.05 Å². The molecule has 0 aromatic heterocycles. The van der Waals surface area contributed by atoms with Gasteiger partial charge in [-0.2, -0.15) is 5.26 Å². The molecule has 0 aliphatic carbocycles.